The predicted octanol–water partition coefficient (Wildman–Crippen LogP) is 4.19. The summed E-state index contributed by atoms with van der Waals surface area (Å²) in [6.45, 7) is 5.61. The van der Waals surface area contributed by atoms with Gasteiger partial charge in [0, 0.05) is 5.69 Å². The van der Waals surface area contributed by atoms with Crippen LogP contribution in [0.3, 0.4) is 0 Å². The second-order valence-electron chi connectivity index (χ2n) is 7.10. The molecule has 156 valence electrons. The fourth-order valence-corrected chi connectivity index (χ4v) is 2.98. The first kappa shape index (κ1) is 21.1. The Morgan fingerprint density at radius 2 is 1.67 bits per heavy atom. The van der Waals surface area contributed by atoms with Gasteiger partial charge in [-0.05, 0) is 36.6 Å². The molecular weight excluding hydrogens is 382 g/mol. The van der Waals surface area contributed by atoms with Crippen LogP contribution in [-0.2, 0) is 9.53 Å². The smallest absolute Gasteiger partial charge is 0.363 e. The highest BCUT2D eigenvalue weighted by Crippen LogP contribution is 2.24. The standard InChI is InChI=1S/C23H25N3O4/c1-15(2)18-12-8-9-13-19(18)24-22(27)16(3)30-23(28)21-20(29-4)14-26(25-21)17-10-6-5-7-11-17/h5-16H,1-4H3,(H,24,27)/t16-/m0/s1. The highest BCUT2D eigenvalue weighted by Gasteiger charge is 2.25. The van der Waals surface area contributed by atoms with E-state index in [1.165, 1.54) is 18.7 Å². The lowest BCUT2D eigenvalue weighted by Gasteiger charge is -2.16. The summed E-state index contributed by atoms with van der Waals surface area (Å²) in [5.74, 6) is -0.647. The maximum Gasteiger partial charge on any atom is 0.363 e. The molecule has 3 rings (SSSR count). The maximum atomic E-state index is 12.7. The van der Waals surface area contributed by atoms with Crippen LogP contribution in [0.15, 0.2) is 60.8 Å². The first-order valence-corrected chi connectivity index (χ1v) is 9.70. The van der Waals surface area contributed by atoms with E-state index in [0.29, 0.717) is 5.69 Å². The zero-order valence-electron chi connectivity index (χ0n) is 17.5. The van der Waals surface area contributed by atoms with E-state index in [1.54, 1.807) is 6.20 Å². The van der Waals surface area contributed by atoms with Crippen LogP contribution < -0.4 is 10.1 Å². The van der Waals surface area contributed by atoms with Crippen molar-refractivity contribution in [1.29, 1.82) is 0 Å². The molecule has 1 N–H and O–H groups in total. The number of hydrogen-bond acceptors (Lipinski definition) is 5. The molecule has 0 bridgehead atoms. The molecule has 30 heavy (non-hydrogen) atoms. The Morgan fingerprint density at radius 3 is 2.33 bits per heavy atom. The number of methoxy groups -OCH3 is 1. The Morgan fingerprint density at radius 1 is 1.00 bits per heavy atom. The molecule has 0 aliphatic rings. The van der Waals surface area contributed by atoms with Gasteiger partial charge >= 0.3 is 5.97 Å². The Bertz CT molecular complexity index is 1030. The monoisotopic (exact) mass is 407 g/mol. The van der Waals surface area contributed by atoms with Gasteiger partial charge in [0.25, 0.3) is 5.91 Å². The van der Waals surface area contributed by atoms with Crippen LogP contribution in [0.5, 0.6) is 5.75 Å². The van der Waals surface area contributed by atoms with Gasteiger partial charge in [-0.1, -0.05) is 50.2 Å². The zero-order valence-corrected chi connectivity index (χ0v) is 17.5. The SMILES string of the molecule is COc1cn(-c2ccccc2)nc1C(=O)O[C@@H](C)C(=O)Nc1ccccc1C(C)C. The average molecular weight is 407 g/mol. The molecule has 7 nitrogen and oxygen atoms in total. The van der Waals surface area contributed by atoms with Crippen molar-refractivity contribution in [3.8, 4) is 11.4 Å². The normalized spacial score (nSPS) is 11.8. The third-order valence-electron chi connectivity index (χ3n) is 4.61. The first-order valence-electron chi connectivity index (χ1n) is 9.70. The van der Waals surface area contributed by atoms with Gasteiger partial charge < -0.3 is 14.8 Å². The van der Waals surface area contributed by atoms with Crippen LogP contribution in [0, 0.1) is 0 Å². The molecule has 0 fully saturated rings. The largest absolute Gasteiger partial charge is 0.493 e. The Labute approximate surface area is 175 Å². The molecule has 7 heteroatoms. The minimum absolute atomic E-state index is 0.00332. The van der Waals surface area contributed by atoms with Crippen LogP contribution in [0.4, 0.5) is 5.69 Å². The molecular formula is C23H25N3O4. The van der Waals surface area contributed by atoms with Gasteiger partial charge in [-0.2, -0.15) is 5.10 Å². The maximum absolute atomic E-state index is 12.7. The molecule has 0 saturated carbocycles. The molecule has 1 amide bonds. The Kier molecular flexibility index (Phi) is 6.51. The number of rotatable bonds is 7. The van der Waals surface area contributed by atoms with Crippen LogP contribution in [0.1, 0.15) is 42.7 Å². The van der Waals surface area contributed by atoms with Gasteiger partial charge in [0.15, 0.2) is 11.9 Å². The number of nitrogens with zero attached hydrogens (tertiary/aromatic N) is 2. The topological polar surface area (TPSA) is 82.5 Å². The van der Waals surface area contributed by atoms with Crippen LogP contribution in [0.2, 0.25) is 0 Å². The molecule has 0 spiro atoms. The predicted molar refractivity (Wildman–Crippen MR) is 114 cm³/mol. The third-order valence-corrected chi connectivity index (χ3v) is 4.61. The lowest BCUT2D eigenvalue weighted by Crippen LogP contribution is -2.30. The molecule has 3 aromatic rings. The van der Waals surface area contributed by atoms with E-state index in [0.717, 1.165) is 11.3 Å². The summed E-state index contributed by atoms with van der Waals surface area (Å²) in [6.07, 6.45) is 0.583. The lowest BCUT2D eigenvalue weighted by molar-refractivity contribution is -0.123. The van der Waals surface area contributed by atoms with Gasteiger partial charge in [0.2, 0.25) is 5.69 Å². The van der Waals surface area contributed by atoms with E-state index < -0.39 is 18.0 Å². The van der Waals surface area contributed by atoms with E-state index >= 15 is 0 Å². The number of hydrogen-bond donors (Lipinski definition) is 1. The zero-order chi connectivity index (χ0) is 21.7. The number of para-hydroxylation sites is 2. The number of anilines is 1. The van der Waals surface area contributed by atoms with Gasteiger partial charge in [-0.3, -0.25) is 4.79 Å². The number of carbonyl (C=O) groups excluding carboxylic acids is 2. The second kappa shape index (κ2) is 9.26. The molecule has 0 radical (unpaired) electrons. The molecule has 1 atom stereocenters. The van der Waals surface area contributed by atoms with Crippen LogP contribution >= 0.6 is 0 Å². The fraction of sp³-hybridized carbons (Fsp3) is 0.261. The lowest BCUT2D eigenvalue weighted by atomic mass is 10.0. The Balaban J connectivity index is 1.73. The van der Waals surface area contributed by atoms with Gasteiger partial charge in [0.05, 0.1) is 19.0 Å². The Hall–Kier alpha value is -3.61. The molecule has 0 unspecified atom stereocenters. The first-order chi connectivity index (χ1) is 14.4. The molecule has 0 saturated heterocycles. The highest BCUT2D eigenvalue weighted by atomic mass is 16.6. The van der Waals surface area contributed by atoms with Crippen molar-refractivity contribution in [2.75, 3.05) is 12.4 Å². The summed E-state index contributed by atoms with van der Waals surface area (Å²) in [6, 6.07) is 16.9. The minimum Gasteiger partial charge on any atom is -0.493 e. The summed E-state index contributed by atoms with van der Waals surface area (Å²) in [4.78, 5) is 25.2. The summed E-state index contributed by atoms with van der Waals surface area (Å²) in [5.41, 5.74) is 2.48. The van der Waals surface area contributed by atoms with Crippen molar-refractivity contribution in [3.05, 3.63) is 72.1 Å². The van der Waals surface area contributed by atoms with E-state index in [2.05, 4.69) is 10.4 Å². The van der Waals surface area contributed by atoms with Crippen LogP contribution in [0.25, 0.3) is 5.69 Å². The minimum atomic E-state index is -1.01. The van der Waals surface area contributed by atoms with Crippen molar-refractivity contribution in [3.63, 3.8) is 0 Å². The van der Waals surface area contributed by atoms with Crippen molar-refractivity contribution in [1.82, 2.24) is 9.78 Å². The molecule has 0 aliphatic heterocycles. The van der Waals surface area contributed by atoms with Crippen molar-refractivity contribution < 1.29 is 19.1 Å². The summed E-state index contributed by atoms with van der Waals surface area (Å²) in [7, 11) is 1.45. The molecule has 2 aromatic carbocycles. The van der Waals surface area contributed by atoms with Gasteiger partial charge in [-0.15, -0.1) is 0 Å². The third kappa shape index (κ3) is 4.68. The summed E-state index contributed by atoms with van der Waals surface area (Å²) in [5, 5.41) is 7.11. The number of benzene rings is 2. The highest BCUT2D eigenvalue weighted by molar-refractivity contribution is 5.98. The van der Waals surface area contributed by atoms with E-state index in [4.69, 9.17) is 9.47 Å². The molecule has 1 heterocycles. The van der Waals surface area contributed by atoms with Gasteiger partial charge in [0.1, 0.15) is 0 Å². The van der Waals surface area contributed by atoms with Crippen molar-refractivity contribution in [2.24, 2.45) is 0 Å². The van der Waals surface area contributed by atoms with Gasteiger partial charge in [-0.25, -0.2) is 9.48 Å². The van der Waals surface area contributed by atoms with E-state index in [1.807, 2.05) is 68.4 Å². The van der Waals surface area contributed by atoms with Crippen LogP contribution in [-0.4, -0.2) is 34.9 Å². The second-order valence-corrected chi connectivity index (χ2v) is 7.10. The van der Waals surface area contributed by atoms with E-state index in [9.17, 15) is 9.59 Å². The van der Waals surface area contributed by atoms with Crippen molar-refractivity contribution in [2.45, 2.75) is 32.8 Å². The van der Waals surface area contributed by atoms with E-state index in [-0.39, 0.29) is 17.4 Å². The number of carbonyl (C=O) groups is 2. The number of esters is 1. The summed E-state index contributed by atoms with van der Waals surface area (Å²) < 4.78 is 12.1. The number of aromatic nitrogens is 2. The fourth-order valence-electron chi connectivity index (χ4n) is 2.98. The molecule has 1 aromatic heterocycles. The number of amides is 1. The number of nitrogens with one attached hydrogen (secondary N) is 1. The number of ether oxygens (including phenoxy) is 2. The average Bonchev–Trinajstić information content (AvgIpc) is 3.19. The quantitative estimate of drug-likeness (QED) is 0.594. The summed E-state index contributed by atoms with van der Waals surface area (Å²) >= 11 is 0. The van der Waals surface area contributed by atoms with Crippen molar-refractivity contribution >= 4 is 17.6 Å². The molecule has 0 aliphatic carbocycles.